The number of para-hydroxylation sites is 1. The Balaban J connectivity index is 1.51. The Bertz CT molecular complexity index is 1660. The first-order valence-corrected chi connectivity index (χ1v) is 14.3. The van der Waals surface area contributed by atoms with E-state index in [2.05, 4.69) is 109 Å². The number of ether oxygens (including phenoxy) is 1. The molecule has 0 aliphatic rings. The molecule has 5 heteroatoms. The number of likely N-dealkylation sites (N-methyl/N-ethyl adjacent to an activating group) is 1. The van der Waals surface area contributed by atoms with Crippen LogP contribution in [0.5, 0.6) is 0 Å². The highest BCUT2D eigenvalue weighted by molar-refractivity contribution is 5.98. The van der Waals surface area contributed by atoms with Crippen LogP contribution in [0.2, 0.25) is 0 Å². The molecule has 5 nitrogen and oxygen atoms in total. The van der Waals surface area contributed by atoms with Gasteiger partial charge in [-0.3, -0.25) is 0 Å². The minimum atomic E-state index is -0.357. The topological polar surface area (TPSA) is 67.6 Å². The lowest BCUT2D eigenvalue weighted by Crippen LogP contribution is -2.28. The summed E-state index contributed by atoms with van der Waals surface area (Å²) in [6.45, 7) is 9.13. The molecule has 0 heterocycles. The number of hydrogen-bond donors (Lipinski definition) is 2. The summed E-state index contributed by atoms with van der Waals surface area (Å²) >= 11 is 0. The Morgan fingerprint density at radius 3 is 2.10 bits per heavy atom. The monoisotopic (exact) mass is 555 g/mol. The lowest BCUT2D eigenvalue weighted by atomic mass is 9.82. The second kappa shape index (κ2) is 13.1. The number of carbonyl (C=O) groups is 1. The van der Waals surface area contributed by atoms with E-state index in [9.17, 15) is 4.79 Å². The Kier molecular flexibility index (Phi) is 8.88. The number of nitrogens with two attached hydrogens (primary N) is 1. The zero-order valence-electron chi connectivity index (χ0n) is 24.2. The van der Waals surface area contributed by atoms with Gasteiger partial charge in [-0.15, -0.1) is 0 Å². The summed E-state index contributed by atoms with van der Waals surface area (Å²) < 4.78 is 5.34. The van der Waals surface area contributed by atoms with Crippen molar-refractivity contribution in [2.24, 2.45) is 0 Å². The Morgan fingerprint density at radius 1 is 0.833 bits per heavy atom. The van der Waals surface area contributed by atoms with Crippen LogP contribution in [0.1, 0.15) is 36.5 Å². The molecule has 0 aliphatic carbocycles. The van der Waals surface area contributed by atoms with Crippen molar-refractivity contribution in [3.05, 3.63) is 144 Å². The van der Waals surface area contributed by atoms with Gasteiger partial charge in [-0.05, 0) is 78.4 Å². The average molecular weight is 556 g/mol. The molecule has 0 saturated heterocycles. The van der Waals surface area contributed by atoms with Gasteiger partial charge >= 0.3 is 5.97 Å². The van der Waals surface area contributed by atoms with Gasteiger partial charge in [0, 0.05) is 46.2 Å². The second-order valence-electron chi connectivity index (χ2n) is 10.4. The molecule has 0 bridgehead atoms. The van der Waals surface area contributed by atoms with Gasteiger partial charge in [0.05, 0.1) is 6.54 Å². The van der Waals surface area contributed by atoms with E-state index in [0.29, 0.717) is 18.7 Å². The van der Waals surface area contributed by atoms with Gasteiger partial charge in [0.1, 0.15) is 6.61 Å². The van der Waals surface area contributed by atoms with Crippen molar-refractivity contribution in [2.75, 3.05) is 35.6 Å². The van der Waals surface area contributed by atoms with Crippen molar-refractivity contribution < 1.29 is 9.53 Å². The third kappa shape index (κ3) is 6.47. The van der Waals surface area contributed by atoms with Gasteiger partial charge in [-0.2, -0.15) is 0 Å². The number of carbonyl (C=O) groups excluding carboxylic acids is 1. The third-order valence-corrected chi connectivity index (χ3v) is 7.51. The summed E-state index contributed by atoms with van der Waals surface area (Å²) in [4.78, 5) is 14.0. The van der Waals surface area contributed by atoms with Gasteiger partial charge in [-0.25, -0.2) is 4.79 Å². The van der Waals surface area contributed by atoms with Crippen LogP contribution in [0.15, 0.2) is 127 Å². The van der Waals surface area contributed by atoms with E-state index in [1.165, 1.54) is 22.1 Å². The van der Waals surface area contributed by atoms with Crippen molar-refractivity contribution in [1.82, 2.24) is 0 Å². The molecule has 0 radical (unpaired) electrons. The molecular formula is C37H37N3O2. The van der Waals surface area contributed by atoms with Crippen LogP contribution in [-0.4, -0.2) is 25.7 Å². The molecule has 1 unspecified atom stereocenters. The molecule has 42 heavy (non-hydrogen) atoms. The maximum Gasteiger partial charge on any atom is 0.333 e. The molecule has 1 atom stereocenters. The van der Waals surface area contributed by atoms with E-state index in [1.807, 2.05) is 30.3 Å². The van der Waals surface area contributed by atoms with Crippen LogP contribution in [0.3, 0.4) is 0 Å². The first kappa shape index (κ1) is 28.5. The van der Waals surface area contributed by atoms with E-state index >= 15 is 0 Å². The summed E-state index contributed by atoms with van der Waals surface area (Å²) in [5.74, 6) is -0.355. The Hall–Kier alpha value is -5.03. The highest BCUT2D eigenvalue weighted by Crippen LogP contribution is 2.39. The zero-order valence-corrected chi connectivity index (χ0v) is 24.2. The van der Waals surface area contributed by atoms with E-state index in [-0.39, 0.29) is 11.9 Å². The fourth-order valence-corrected chi connectivity index (χ4v) is 5.32. The summed E-state index contributed by atoms with van der Waals surface area (Å²) in [5, 5.41) is 5.96. The largest absolute Gasteiger partial charge is 0.460 e. The number of fused-ring (bicyclic) bond motifs is 1. The first-order valence-electron chi connectivity index (χ1n) is 14.3. The average Bonchev–Trinajstić information content (AvgIpc) is 3.02. The van der Waals surface area contributed by atoms with Gasteiger partial charge in [0.2, 0.25) is 0 Å². The van der Waals surface area contributed by atoms with Crippen LogP contribution in [-0.2, 0) is 9.53 Å². The predicted molar refractivity (Wildman–Crippen MR) is 176 cm³/mol. The Morgan fingerprint density at radius 2 is 1.45 bits per heavy atom. The number of rotatable bonds is 11. The van der Waals surface area contributed by atoms with Crippen LogP contribution in [0.4, 0.5) is 22.7 Å². The molecule has 5 aromatic rings. The molecule has 0 amide bonds. The lowest BCUT2D eigenvalue weighted by Gasteiger charge is -2.25. The number of nitrogen functional groups attached to an aromatic ring is 1. The van der Waals surface area contributed by atoms with Crippen molar-refractivity contribution in [1.29, 1.82) is 0 Å². The standard InChI is InChI=1S/C37H37N3O2/c1-4-40(24-25-42-37(41)26(2)3)31-20-16-28(17-21-31)36(27-14-18-29(38)19-15-27)34-22-23-35(33-13-9-8-12-32(33)34)39-30-10-6-5-7-11-30/h5-23,36,39H,2,4,24-25,38H2,1,3H3. The quantitative estimate of drug-likeness (QED) is 0.0743. The van der Waals surface area contributed by atoms with Crippen LogP contribution in [0, 0.1) is 0 Å². The minimum absolute atomic E-state index is 0.00178. The van der Waals surface area contributed by atoms with E-state index in [0.717, 1.165) is 34.7 Å². The maximum absolute atomic E-state index is 11.8. The number of benzene rings is 5. The van der Waals surface area contributed by atoms with Gasteiger partial charge < -0.3 is 20.7 Å². The smallest absolute Gasteiger partial charge is 0.333 e. The first-order chi connectivity index (χ1) is 20.4. The molecule has 5 aromatic carbocycles. The van der Waals surface area contributed by atoms with Crippen molar-refractivity contribution in [3.8, 4) is 0 Å². The molecule has 0 fully saturated rings. The molecule has 0 spiro atoms. The molecule has 212 valence electrons. The fraction of sp³-hybridized carbons (Fsp3) is 0.162. The molecular weight excluding hydrogens is 518 g/mol. The zero-order chi connectivity index (χ0) is 29.5. The minimum Gasteiger partial charge on any atom is -0.460 e. The number of anilines is 4. The van der Waals surface area contributed by atoms with E-state index < -0.39 is 0 Å². The summed E-state index contributed by atoms with van der Waals surface area (Å²) in [6.07, 6.45) is 0. The van der Waals surface area contributed by atoms with Crippen LogP contribution < -0.4 is 16.0 Å². The van der Waals surface area contributed by atoms with Crippen molar-refractivity contribution >= 4 is 39.5 Å². The summed E-state index contributed by atoms with van der Waals surface area (Å²) in [6, 6.07) is 40.1. The summed E-state index contributed by atoms with van der Waals surface area (Å²) in [5.41, 5.74) is 14.0. The highest BCUT2D eigenvalue weighted by atomic mass is 16.5. The molecule has 0 aromatic heterocycles. The number of esters is 1. The van der Waals surface area contributed by atoms with Crippen LogP contribution >= 0.6 is 0 Å². The maximum atomic E-state index is 11.8. The fourth-order valence-electron chi connectivity index (χ4n) is 5.32. The molecule has 0 saturated carbocycles. The third-order valence-electron chi connectivity index (χ3n) is 7.51. The number of nitrogens with one attached hydrogen (secondary N) is 1. The van der Waals surface area contributed by atoms with E-state index in [1.54, 1.807) is 6.92 Å². The lowest BCUT2D eigenvalue weighted by molar-refractivity contribution is -0.138. The SMILES string of the molecule is C=C(C)C(=O)OCCN(CC)c1ccc(C(c2ccc(N)cc2)c2ccc(Nc3ccccc3)c3ccccc23)cc1. The number of nitrogens with zero attached hydrogens (tertiary/aromatic N) is 1. The predicted octanol–water partition coefficient (Wildman–Crippen LogP) is 8.29. The second-order valence-corrected chi connectivity index (χ2v) is 10.4. The molecule has 3 N–H and O–H groups in total. The molecule has 0 aliphatic heterocycles. The summed E-state index contributed by atoms with van der Waals surface area (Å²) in [7, 11) is 0. The molecule has 5 rings (SSSR count). The van der Waals surface area contributed by atoms with Crippen molar-refractivity contribution in [3.63, 3.8) is 0 Å². The number of hydrogen-bond acceptors (Lipinski definition) is 5. The normalized spacial score (nSPS) is 11.6. The van der Waals surface area contributed by atoms with Crippen molar-refractivity contribution in [2.45, 2.75) is 19.8 Å². The van der Waals surface area contributed by atoms with E-state index in [4.69, 9.17) is 10.5 Å². The Labute approximate surface area is 248 Å². The van der Waals surface area contributed by atoms with Gasteiger partial charge in [0.15, 0.2) is 0 Å². The van der Waals surface area contributed by atoms with Gasteiger partial charge in [-0.1, -0.05) is 79.4 Å². The van der Waals surface area contributed by atoms with Gasteiger partial charge in [0.25, 0.3) is 0 Å². The van der Waals surface area contributed by atoms with Crippen LogP contribution in [0.25, 0.3) is 10.8 Å². The highest BCUT2D eigenvalue weighted by Gasteiger charge is 2.21.